The van der Waals surface area contributed by atoms with Gasteiger partial charge in [0.15, 0.2) is 0 Å². The molecular weight excluding hydrogens is 244 g/mol. The Morgan fingerprint density at radius 3 is 2.63 bits per heavy atom. The Balaban J connectivity index is 1.87. The summed E-state index contributed by atoms with van der Waals surface area (Å²) in [5.74, 6) is -0.396. The summed E-state index contributed by atoms with van der Waals surface area (Å²) in [4.78, 5) is 25.3. The number of nitrogens with zero attached hydrogens (tertiary/aromatic N) is 1. The van der Waals surface area contributed by atoms with Gasteiger partial charge >= 0.3 is 5.97 Å². The van der Waals surface area contributed by atoms with Gasteiger partial charge in [0.1, 0.15) is 0 Å². The molecule has 1 saturated heterocycles. The third kappa shape index (κ3) is 3.47. The summed E-state index contributed by atoms with van der Waals surface area (Å²) in [6.45, 7) is 2.62. The summed E-state index contributed by atoms with van der Waals surface area (Å²) in [6.07, 6.45) is 4.16. The van der Waals surface area contributed by atoms with Crippen molar-refractivity contribution in [3.05, 3.63) is 0 Å². The molecule has 0 bridgehead atoms. The molecule has 0 radical (unpaired) electrons. The molecule has 5 heteroatoms. The summed E-state index contributed by atoms with van der Waals surface area (Å²) in [6, 6.07) is 0. The molecule has 0 aromatic carbocycles. The minimum atomic E-state index is -0.748. The summed E-state index contributed by atoms with van der Waals surface area (Å²) in [5, 5.41) is 12.2. The number of carboxylic acids is 1. The van der Waals surface area contributed by atoms with Gasteiger partial charge in [-0.2, -0.15) is 0 Å². The van der Waals surface area contributed by atoms with Crippen LogP contribution in [0.4, 0.5) is 0 Å². The highest BCUT2D eigenvalue weighted by molar-refractivity contribution is 5.81. The number of carbonyl (C=O) groups is 2. The number of aliphatic carboxylic acids is 1. The zero-order valence-electron chi connectivity index (χ0n) is 11.6. The molecule has 0 spiro atoms. The predicted molar refractivity (Wildman–Crippen MR) is 71.7 cm³/mol. The third-order valence-electron chi connectivity index (χ3n) is 4.45. The number of carboxylic acid groups (broad SMARTS) is 1. The van der Waals surface area contributed by atoms with Crippen LogP contribution in [-0.4, -0.2) is 48.6 Å². The molecule has 5 nitrogen and oxygen atoms in total. The van der Waals surface area contributed by atoms with E-state index in [2.05, 4.69) is 5.32 Å². The van der Waals surface area contributed by atoms with E-state index in [1.54, 1.807) is 0 Å². The van der Waals surface area contributed by atoms with Crippen molar-refractivity contribution in [2.45, 2.75) is 32.1 Å². The molecule has 2 aliphatic rings. The van der Waals surface area contributed by atoms with E-state index < -0.39 is 5.97 Å². The molecule has 108 valence electrons. The van der Waals surface area contributed by atoms with Gasteiger partial charge in [0, 0.05) is 19.0 Å². The van der Waals surface area contributed by atoms with Crippen molar-refractivity contribution in [1.29, 1.82) is 0 Å². The largest absolute Gasteiger partial charge is 0.481 e. The first-order valence-corrected chi connectivity index (χ1v) is 7.28. The maximum atomic E-state index is 12.4. The predicted octanol–water partition coefficient (Wildman–Crippen LogP) is 0.945. The normalized spacial score (nSPS) is 31.4. The smallest absolute Gasteiger partial charge is 0.306 e. The van der Waals surface area contributed by atoms with E-state index >= 15 is 0 Å². The Bertz CT molecular complexity index is 344. The van der Waals surface area contributed by atoms with E-state index in [0.29, 0.717) is 18.8 Å². The summed E-state index contributed by atoms with van der Waals surface area (Å²) in [5.41, 5.74) is 0. The molecule has 1 aliphatic carbocycles. The van der Waals surface area contributed by atoms with Crippen molar-refractivity contribution in [3.8, 4) is 0 Å². The molecule has 1 unspecified atom stereocenters. The standard InChI is InChI=1S/C14H24N2O3/c1-15-8-10-3-2-6-16(9-10)13(17)11-4-5-12(7-11)14(18)19/h10-12,15H,2-9H2,1H3,(H,18,19)/t10?,11-,12+/m1/s1. The molecular formula is C14H24N2O3. The molecule has 1 aliphatic heterocycles. The van der Waals surface area contributed by atoms with E-state index in [1.807, 2.05) is 11.9 Å². The molecule has 2 N–H and O–H groups in total. The van der Waals surface area contributed by atoms with Gasteiger partial charge in [0.05, 0.1) is 5.92 Å². The monoisotopic (exact) mass is 268 g/mol. The van der Waals surface area contributed by atoms with Crippen LogP contribution < -0.4 is 5.32 Å². The van der Waals surface area contributed by atoms with Crippen LogP contribution in [0, 0.1) is 17.8 Å². The molecule has 1 amide bonds. The summed E-state index contributed by atoms with van der Waals surface area (Å²) < 4.78 is 0. The number of rotatable bonds is 4. The Hall–Kier alpha value is -1.10. The zero-order chi connectivity index (χ0) is 13.8. The van der Waals surface area contributed by atoms with Crippen LogP contribution >= 0.6 is 0 Å². The molecule has 1 saturated carbocycles. The number of likely N-dealkylation sites (tertiary alicyclic amines) is 1. The molecule has 2 fully saturated rings. The first-order valence-electron chi connectivity index (χ1n) is 7.28. The maximum Gasteiger partial charge on any atom is 0.306 e. The second kappa shape index (κ2) is 6.37. The quantitative estimate of drug-likeness (QED) is 0.796. The van der Waals surface area contributed by atoms with E-state index in [1.165, 1.54) is 6.42 Å². The van der Waals surface area contributed by atoms with Gasteiger partial charge in [-0.3, -0.25) is 9.59 Å². The molecule has 19 heavy (non-hydrogen) atoms. The van der Waals surface area contributed by atoms with Crippen molar-refractivity contribution < 1.29 is 14.7 Å². The Morgan fingerprint density at radius 1 is 1.26 bits per heavy atom. The highest BCUT2D eigenvalue weighted by Crippen LogP contribution is 2.33. The van der Waals surface area contributed by atoms with E-state index in [4.69, 9.17) is 5.11 Å². The van der Waals surface area contributed by atoms with Crippen molar-refractivity contribution >= 4 is 11.9 Å². The van der Waals surface area contributed by atoms with Gasteiger partial charge in [-0.15, -0.1) is 0 Å². The fourth-order valence-corrected chi connectivity index (χ4v) is 3.41. The average molecular weight is 268 g/mol. The number of hydrogen-bond acceptors (Lipinski definition) is 3. The van der Waals surface area contributed by atoms with Crippen LogP contribution in [0.5, 0.6) is 0 Å². The number of carbonyl (C=O) groups excluding carboxylic acids is 1. The lowest BCUT2D eigenvalue weighted by Crippen LogP contribution is -2.44. The summed E-state index contributed by atoms with van der Waals surface area (Å²) >= 11 is 0. The lowest BCUT2D eigenvalue weighted by Gasteiger charge is -2.34. The highest BCUT2D eigenvalue weighted by Gasteiger charge is 2.36. The molecule has 0 aromatic heterocycles. The average Bonchev–Trinajstić information content (AvgIpc) is 2.88. The topological polar surface area (TPSA) is 69.6 Å². The summed E-state index contributed by atoms with van der Waals surface area (Å²) in [7, 11) is 1.94. The van der Waals surface area contributed by atoms with Crippen LogP contribution in [0.2, 0.25) is 0 Å². The van der Waals surface area contributed by atoms with E-state index in [9.17, 15) is 9.59 Å². The van der Waals surface area contributed by atoms with Crippen LogP contribution in [0.1, 0.15) is 32.1 Å². The van der Waals surface area contributed by atoms with Gasteiger partial charge in [-0.1, -0.05) is 0 Å². The van der Waals surface area contributed by atoms with Crippen LogP contribution in [0.25, 0.3) is 0 Å². The first-order chi connectivity index (χ1) is 9.11. The van der Waals surface area contributed by atoms with Gasteiger partial charge in [0.25, 0.3) is 0 Å². The first kappa shape index (κ1) is 14.3. The second-order valence-electron chi connectivity index (χ2n) is 5.90. The minimum Gasteiger partial charge on any atom is -0.481 e. The Morgan fingerprint density at radius 2 is 2.00 bits per heavy atom. The SMILES string of the molecule is CNCC1CCCN(C(=O)[C@@H]2CC[C@H](C(=O)O)C2)C1. The van der Waals surface area contributed by atoms with Crippen molar-refractivity contribution in [3.63, 3.8) is 0 Å². The zero-order valence-corrected chi connectivity index (χ0v) is 11.6. The third-order valence-corrected chi connectivity index (χ3v) is 4.45. The van der Waals surface area contributed by atoms with Crippen molar-refractivity contribution in [1.82, 2.24) is 10.2 Å². The molecule has 0 aromatic rings. The van der Waals surface area contributed by atoms with E-state index in [-0.39, 0.29) is 17.7 Å². The van der Waals surface area contributed by atoms with Gasteiger partial charge in [-0.05, 0) is 51.6 Å². The van der Waals surface area contributed by atoms with Crippen LogP contribution in [-0.2, 0) is 9.59 Å². The fraction of sp³-hybridized carbons (Fsp3) is 0.857. The number of nitrogens with one attached hydrogen (secondary N) is 1. The van der Waals surface area contributed by atoms with Gasteiger partial charge in [0.2, 0.25) is 5.91 Å². The van der Waals surface area contributed by atoms with Gasteiger partial charge in [-0.25, -0.2) is 0 Å². The Kier molecular flexibility index (Phi) is 4.80. The van der Waals surface area contributed by atoms with Crippen molar-refractivity contribution in [2.24, 2.45) is 17.8 Å². The van der Waals surface area contributed by atoms with Crippen LogP contribution in [0.15, 0.2) is 0 Å². The number of amides is 1. The fourth-order valence-electron chi connectivity index (χ4n) is 3.41. The maximum absolute atomic E-state index is 12.4. The van der Waals surface area contributed by atoms with Crippen LogP contribution in [0.3, 0.4) is 0 Å². The number of piperidine rings is 1. The van der Waals surface area contributed by atoms with Crippen molar-refractivity contribution in [2.75, 3.05) is 26.7 Å². The van der Waals surface area contributed by atoms with Gasteiger partial charge < -0.3 is 15.3 Å². The highest BCUT2D eigenvalue weighted by atomic mass is 16.4. The number of hydrogen-bond donors (Lipinski definition) is 2. The molecule has 2 rings (SSSR count). The second-order valence-corrected chi connectivity index (χ2v) is 5.90. The lowest BCUT2D eigenvalue weighted by atomic mass is 9.95. The molecule has 1 heterocycles. The Labute approximate surface area is 114 Å². The minimum absolute atomic E-state index is 0.0607. The molecule has 3 atom stereocenters. The lowest BCUT2D eigenvalue weighted by molar-refractivity contribution is -0.142. The van der Waals surface area contributed by atoms with E-state index in [0.717, 1.165) is 32.5 Å².